The van der Waals surface area contributed by atoms with E-state index in [0.717, 1.165) is 12.8 Å². The van der Waals surface area contributed by atoms with Crippen LogP contribution in [0.25, 0.3) is 0 Å². The summed E-state index contributed by atoms with van der Waals surface area (Å²) in [5.74, 6) is 0.333. The zero-order chi connectivity index (χ0) is 8.48. The van der Waals surface area contributed by atoms with Crippen molar-refractivity contribution in [2.45, 2.75) is 37.5 Å². The Labute approximate surface area is 67.9 Å². The van der Waals surface area contributed by atoms with Crippen molar-refractivity contribution >= 4 is 9.84 Å². The Morgan fingerprint density at radius 3 is 2.55 bits per heavy atom. The lowest BCUT2D eigenvalue weighted by atomic mass is 10.1. The van der Waals surface area contributed by atoms with E-state index >= 15 is 0 Å². The molecule has 1 aliphatic rings. The predicted octanol–water partition coefficient (Wildman–Crippen LogP) is 0.301. The van der Waals surface area contributed by atoms with Gasteiger partial charge in [-0.05, 0) is 19.3 Å². The van der Waals surface area contributed by atoms with Crippen LogP contribution in [0.5, 0.6) is 0 Å². The fourth-order valence-electron chi connectivity index (χ4n) is 1.68. The molecule has 2 atom stereocenters. The van der Waals surface area contributed by atoms with Gasteiger partial charge in [-0.15, -0.1) is 0 Å². The van der Waals surface area contributed by atoms with Crippen LogP contribution in [0, 0.1) is 0 Å². The van der Waals surface area contributed by atoms with Gasteiger partial charge in [-0.25, -0.2) is 8.42 Å². The van der Waals surface area contributed by atoms with E-state index in [9.17, 15) is 8.42 Å². The summed E-state index contributed by atoms with van der Waals surface area (Å²) in [6.45, 7) is 1.88. The van der Waals surface area contributed by atoms with Gasteiger partial charge in [0.25, 0.3) is 0 Å². The molecule has 0 aromatic rings. The largest absolute Gasteiger partial charge is 0.327 e. The molecule has 1 fully saturated rings. The molecule has 0 bridgehead atoms. The zero-order valence-electron chi connectivity index (χ0n) is 6.79. The van der Waals surface area contributed by atoms with Gasteiger partial charge in [-0.1, -0.05) is 6.92 Å². The molecule has 0 amide bonds. The van der Waals surface area contributed by atoms with E-state index in [1.807, 2.05) is 6.92 Å². The average molecular weight is 177 g/mol. The van der Waals surface area contributed by atoms with Gasteiger partial charge in [0.05, 0.1) is 11.0 Å². The van der Waals surface area contributed by atoms with Crippen LogP contribution >= 0.6 is 0 Å². The van der Waals surface area contributed by atoms with E-state index in [1.54, 1.807) is 0 Å². The first-order valence-electron chi connectivity index (χ1n) is 4.05. The zero-order valence-corrected chi connectivity index (χ0v) is 7.60. The average Bonchev–Trinajstić information content (AvgIpc) is 1.86. The summed E-state index contributed by atoms with van der Waals surface area (Å²) in [7, 11) is -2.85. The monoisotopic (exact) mass is 177 g/mol. The summed E-state index contributed by atoms with van der Waals surface area (Å²) in [6.07, 6.45) is 2.25. The van der Waals surface area contributed by atoms with Crippen molar-refractivity contribution in [3.05, 3.63) is 0 Å². The van der Waals surface area contributed by atoms with Crippen LogP contribution in [0.3, 0.4) is 0 Å². The standard InChI is InChI=1S/C7H15NO2S/c1-2-7-6(8)4-3-5-11(7,9)10/h6-7H,2-5,8H2,1H3. The molecule has 0 radical (unpaired) electrons. The Morgan fingerprint density at radius 1 is 1.55 bits per heavy atom. The second-order valence-corrected chi connectivity index (χ2v) is 5.46. The number of rotatable bonds is 1. The van der Waals surface area contributed by atoms with Crippen molar-refractivity contribution in [3.63, 3.8) is 0 Å². The third-order valence-corrected chi connectivity index (χ3v) is 4.77. The van der Waals surface area contributed by atoms with Gasteiger partial charge in [0, 0.05) is 6.04 Å². The highest BCUT2D eigenvalue weighted by molar-refractivity contribution is 7.92. The lowest BCUT2D eigenvalue weighted by Crippen LogP contribution is -2.44. The van der Waals surface area contributed by atoms with Crippen molar-refractivity contribution in [2.24, 2.45) is 5.73 Å². The Hall–Kier alpha value is -0.0900. The maximum absolute atomic E-state index is 11.3. The molecule has 0 saturated carbocycles. The normalized spacial score (nSPS) is 36.9. The van der Waals surface area contributed by atoms with E-state index in [0.29, 0.717) is 12.2 Å². The molecule has 1 saturated heterocycles. The summed E-state index contributed by atoms with van der Waals surface area (Å²) in [5, 5.41) is -0.281. The third-order valence-electron chi connectivity index (χ3n) is 2.31. The highest BCUT2D eigenvalue weighted by Crippen LogP contribution is 2.20. The Morgan fingerprint density at radius 2 is 2.18 bits per heavy atom. The molecule has 3 nitrogen and oxygen atoms in total. The first kappa shape index (κ1) is 9.00. The van der Waals surface area contributed by atoms with Gasteiger partial charge in [0.2, 0.25) is 0 Å². The fraction of sp³-hybridized carbons (Fsp3) is 1.00. The van der Waals surface area contributed by atoms with Gasteiger partial charge >= 0.3 is 0 Å². The quantitative estimate of drug-likeness (QED) is 0.626. The molecule has 1 rings (SSSR count). The molecule has 0 spiro atoms. The molecule has 2 unspecified atom stereocenters. The van der Waals surface area contributed by atoms with Crippen molar-refractivity contribution in [3.8, 4) is 0 Å². The molecular formula is C7H15NO2S. The highest BCUT2D eigenvalue weighted by atomic mass is 32.2. The SMILES string of the molecule is CCC1C(N)CCCS1(=O)=O. The summed E-state index contributed by atoms with van der Waals surface area (Å²) in [5.41, 5.74) is 5.69. The number of sulfone groups is 1. The van der Waals surface area contributed by atoms with Gasteiger partial charge < -0.3 is 5.73 Å². The van der Waals surface area contributed by atoms with Gasteiger partial charge in [-0.2, -0.15) is 0 Å². The van der Waals surface area contributed by atoms with Crippen LogP contribution < -0.4 is 5.73 Å². The molecule has 66 valence electrons. The fourth-order valence-corrected chi connectivity index (χ4v) is 3.73. The number of nitrogens with two attached hydrogens (primary N) is 1. The third kappa shape index (κ3) is 1.73. The lowest BCUT2D eigenvalue weighted by Gasteiger charge is -2.27. The van der Waals surface area contributed by atoms with Crippen LogP contribution in [0.4, 0.5) is 0 Å². The van der Waals surface area contributed by atoms with Crippen LogP contribution in [-0.4, -0.2) is 25.5 Å². The maximum Gasteiger partial charge on any atom is 0.154 e. The minimum atomic E-state index is -2.85. The molecule has 0 aromatic carbocycles. The second kappa shape index (κ2) is 3.11. The topological polar surface area (TPSA) is 60.2 Å². The molecule has 0 aromatic heterocycles. The van der Waals surface area contributed by atoms with E-state index in [4.69, 9.17) is 5.73 Å². The van der Waals surface area contributed by atoms with E-state index in [-0.39, 0.29) is 11.3 Å². The minimum absolute atomic E-state index is 0.126. The molecule has 2 N–H and O–H groups in total. The summed E-state index contributed by atoms with van der Waals surface area (Å²) < 4.78 is 22.7. The molecular weight excluding hydrogens is 162 g/mol. The molecule has 4 heteroatoms. The van der Waals surface area contributed by atoms with Crippen LogP contribution in [0.2, 0.25) is 0 Å². The van der Waals surface area contributed by atoms with Gasteiger partial charge in [-0.3, -0.25) is 0 Å². The smallest absolute Gasteiger partial charge is 0.154 e. The lowest BCUT2D eigenvalue weighted by molar-refractivity contribution is 0.490. The summed E-state index contributed by atoms with van der Waals surface area (Å²) >= 11 is 0. The van der Waals surface area contributed by atoms with Crippen molar-refractivity contribution in [1.29, 1.82) is 0 Å². The number of hydrogen-bond acceptors (Lipinski definition) is 3. The second-order valence-electron chi connectivity index (χ2n) is 3.12. The first-order chi connectivity index (χ1) is 5.08. The van der Waals surface area contributed by atoms with Gasteiger partial charge in [0.15, 0.2) is 9.84 Å². The van der Waals surface area contributed by atoms with Gasteiger partial charge in [0.1, 0.15) is 0 Å². The molecule has 1 aliphatic heterocycles. The Bertz CT molecular complexity index is 223. The Kier molecular flexibility index (Phi) is 2.54. The summed E-state index contributed by atoms with van der Waals surface area (Å²) in [6, 6.07) is -0.126. The summed E-state index contributed by atoms with van der Waals surface area (Å²) in [4.78, 5) is 0. The number of hydrogen-bond donors (Lipinski definition) is 1. The van der Waals surface area contributed by atoms with E-state index < -0.39 is 9.84 Å². The van der Waals surface area contributed by atoms with E-state index in [1.165, 1.54) is 0 Å². The molecule has 11 heavy (non-hydrogen) atoms. The van der Waals surface area contributed by atoms with Crippen LogP contribution in [-0.2, 0) is 9.84 Å². The molecule has 1 heterocycles. The molecule has 0 aliphatic carbocycles. The van der Waals surface area contributed by atoms with Crippen LogP contribution in [0.1, 0.15) is 26.2 Å². The van der Waals surface area contributed by atoms with E-state index in [2.05, 4.69) is 0 Å². The maximum atomic E-state index is 11.3. The van der Waals surface area contributed by atoms with Crippen molar-refractivity contribution in [2.75, 3.05) is 5.75 Å². The van der Waals surface area contributed by atoms with Crippen LogP contribution in [0.15, 0.2) is 0 Å². The first-order valence-corrected chi connectivity index (χ1v) is 5.76. The predicted molar refractivity (Wildman–Crippen MR) is 45.1 cm³/mol. The Balaban J connectivity index is 2.81. The highest BCUT2D eigenvalue weighted by Gasteiger charge is 2.33. The van der Waals surface area contributed by atoms with Crippen molar-refractivity contribution in [1.82, 2.24) is 0 Å². The minimum Gasteiger partial charge on any atom is -0.327 e. The van der Waals surface area contributed by atoms with Crippen molar-refractivity contribution < 1.29 is 8.42 Å².